The molecule has 1 aliphatic heterocycles. The van der Waals surface area contributed by atoms with E-state index in [0.29, 0.717) is 6.61 Å². The van der Waals surface area contributed by atoms with E-state index in [9.17, 15) is 0 Å². The highest BCUT2D eigenvalue weighted by Gasteiger charge is 2.25. The van der Waals surface area contributed by atoms with Crippen LogP contribution < -0.4 is 5.32 Å². The molecule has 0 fully saturated rings. The predicted molar refractivity (Wildman–Crippen MR) is 92.4 cm³/mol. The zero-order valence-corrected chi connectivity index (χ0v) is 14.2. The average Bonchev–Trinajstić information content (AvgIpc) is 2.55. The van der Waals surface area contributed by atoms with Gasteiger partial charge in [-0.15, -0.1) is 0 Å². The van der Waals surface area contributed by atoms with Crippen LogP contribution in [0.25, 0.3) is 0 Å². The third-order valence-electron chi connectivity index (χ3n) is 4.64. The number of benzene rings is 1. The van der Waals surface area contributed by atoms with Crippen LogP contribution in [0.1, 0.15) is 17.5 Å². The fourth-order valence-corrected chi connectivity index (χ4v) is 3.65. The van der Waals surface area contributed by atoms with Crippen LogP contribution in [0.15, 0.2) is 69.0 Å². The van der Waals surface area contributed by atoms with E-state index in [1.54, 1.807) is 0 Å². The standard InChI is InChI=1S/C19H18BrNO/c1-12-15(3-2-4-18(12)20)11-22-19-8-16-10-21-9-14-6-5-13(19)7-17(14)16/h2-6,8,21H,7,9-11H2,1H3. The molecule has 0 saturated heterocycles. The summed E-state index contributed by atoms with van der Waals surface area (Å²) in [5.41, 5.74) is 8.10. The van der Waals surface area contributed by atoms with Crippen molar-refractivity contribution < 1.29 is 4.74 Å². The van der Waals surface area contributed by atoms with Crippen LogP contribution >= 0.6 is 15.9 Å². The second-order valence-corrected chi connectivity index (χ2v) is 6.84. The van der Waals surface area contributed by atoms with Gasteiger partial charge in [0.2, 0.25) is 0 Å². The molecule has 2 bridgehead atoms. The monoisotopic (exact) mass is 355 g/mol. The lowest BCUT2D eigenvalue weighted by atomic mass is 9.82. The highest BCUT2D eigenvalue weighted by atomic mass is 79.9. The minimum atomic E-state index is 0.612. The molecule has 3 aliphatic rings. The zero-order valence-electron chi connectivity index (χ0n) is 12.6. The molecule has 0 spiro atoms. The molecular weight excluding hydrogens is 338 g/mol. The lowest BCUT2D eigenvalue weighted by Gasteiger charge is -2.30. The highest BCUT2D eigenvalue weighted by molar-refractivity contribution is 9.10. The Balaban J connectivity index is 1.59. The number of allylic oxidation sites excluding steroid dienone is 3. The summed E-state index contributed by atoms with van der Waals surface area (Å²) < 4.78 is 7.30. The van der Waals surface area contributed by atoms with Gasteiger partial charge >= 0.3 is 0 Å². The van der Waals surface area contributed by atoms with Crippen molar-refractivity contribution in [3.63, 3.8) is 0 Å². The van der Waals surface area contributed by atoms with Gasteiger partial charge in [-0.2, -0.15) is 0 Å². The van der Waals surface area contributed by atoms with Gasteiger partial charge in [0, 0.05) is 24.0 Å². The van der Waals surface area contributed by atoms with Crippen LogP contribution in [0.2, 0.25) is 0 Å². The molecule has 0 aromatic heterocycles. The number of hydrogen-bond donors (Lipinski definition) is 1. The molecular formula is C19H18BrNO. The van der Waals surface area contributed by atoms with E-state index >= 15 is 0 Å². The maximum Gasteiger partial charge on any atom is 0.123 e. The van der Waals surface area contributed by atoms with Gasteiger partial charge in [0.05, 0.1) is 0 Å². The molecule has 0 unspecified atom stereocenters. The SMILES string of the molecule is Cc1c(Br)cccc1COC1=C2C=CC3=C(C2)C(=C1)CNC3. The molecule has 2 nitrogen and oxygen atoms in total. The molecule has 1 aromatic carbocycles. The third-order valence-corrected chi connectivity index (χ3v) is 5.50. The third kappa shape index (κ3) is 2.38. The van der Waals surface area contributed by atoms with Crippen molar-refractivity contribution >= 4 is 15.9 Å². The predicted octanol–water partition coefficient (Wildman–Crippen LogP) is 4.33. The van der Waals surface area contributed by atoms with E-state index in [1.807, 2.05) is 0 Å². The number of hydrogen-bond acceptors (Lipinski definition) is 2. The summed E-state index contributed by atoms with van der Waals surface area (Å²) in [5, 5.41) is 3.46. The van der Waals surface area contributed by atoms with E-state index in [2.05, 4.69) is 64.6 Å². The fraction of sp³-hybridized carbons (Fsp3) is 0.263. The summed E-state index contributed by atoms with van der Waals surface area (Å²) in [4.78, 5) is 0. The molecule has 2 aliphatic carbocycles. The Kier molecular flexibility index (Phi) is 3.55. The van der Waals surface area contributed by atoms with Crippen molar-refractivity contribution in [3.05, 3.63) is 80.1 Å². The molecule has 0 atom stereocenters. The summed E-state index contributed by atoms with van der Waals surface area (Å²) in [6, 6.07) is 6.26. The quantitative estimate of drug-likeness (QED) is 0.871. The Morgan fingerprint density at radius 1 is 1.18 bits per heavy atom. The first-order valence-corrected chi connectivity index (χ1v) is 8.43. The molecule has 112 valence electrons. The lowest BCUT2D eigenvalue weighted by Crippen LogP contribution is -2.29. The van der Waals surface area contributed by atoms with Crippen molar-refractivity contribution in [1.29, 1.82) is 0 Å². The Bertz CT molecular complexity index is 768. The number of nitrogens with one attached hydrogen (secondary N) is 1. The number of fused-ring (bicyclic) bond motifs is 1. The largest absolute Gasteiger partial charge is 0.489 e. The maximum atomic E-state index is 6.16. The topological polar surface area (TPSA) is 21.3 Å². The summed E-state index contributed by atoms with van der Waals surface area (Å²) in [6.07, 6.45) is 7.69. The van der Waals surface area contributed by atoms with Gasteiger partial charge in [-0.3, -0.25) is 0 Å². The van der Waals surface area contributed by atoms with Gasteiger partial charge in [-0.25, -0.2) is 0 Å². The van der Waals surface area contributed by atoms with Crippen molar-refractivity contribution in [3.8, 4) is 0 Å². The van der Waals surface area contributed by atoms with Crippen LogP contribution in [0.4, 0.5) is 0 Å². The van der Waals surface area contributed by atoms with E-state index < -0.39 is 0 Å². The summed E-state index contributed by atoms with van der Waals surface area (Å²) in [5.74, 6) is 1.03. The number of ether oxygens (including phenoxy) is 1. The normalized spacial score (nSPS) is 19.5. The van der Waals surface area contributed by atoms with Crippen molar-refractivity contribution in [2.24, 2.45) is 0 Å². The zero-order chi connectivity index (χ0) is 15.1. The highest BCUT2D eigenvalue weighted by Crippen LogP contribution is 2.37. The Labute approximate surface area is 139 Å². The molecule has 1 aromatic rings. The van der Waals surface area contributed by atoms with E-state index in [4.69, 9.17) is 4.74 Å². The van der Waals surface area contributed by atoms with Crippen LogP contribution in [0, 0.1) is 6.92 Å². The second kappa shape index (κ2) is 5.56. The number of rotatable bonds is 3. The van der Waals surface area contributed by atoms with E-state index in [-0.39, 0.29) is 0 Å². The number of halogens is 1. The first-order valence-electron chi connectivity index (χ1n) is 7.64. The molecule has 0 saturated carbocycles. The van der Waals surface area contributed by atoms with Crippen LogP contribution in [-0.2, 0) is 11.3 Å². The Hall–Kier alpha value is -1.58. The van der Waals surface area contributed by atoms with Gasteiger partial charge in [0.25, 0.3) is 0 Å². The molecule has 0 radical (unpaired) electrons. The molecule has 0 amide bonds. The van der Waals surface area contributed by atoms with Gasteiger partial charge in [-0.1, -0.05) is 40.2 Å². The van der Waals surface area contributed by atoms with Gasteiger partial charge in [-0.05, 0) is 52.5 Å². The smallest absolute Gasteiger partial charge is 0.123 e. The molecule has 1 heterocycles. The Morgan fingerprint density at radius 2 is 2.05 bits per heavy atom. The molecule has 22 heavy (non-hydrogen) atoms. The summed E-state index contributed by atoms with van der Waals surface area (Å²) >= 11 is 3.58. The summed E-state index contributed by atoms with van der Waals surface area (Å²) in [7, 11) is 0. The molecule has 3 heteroatoms. The molecule has 1 N–H and O–H groups in total. The van der Waals surface area contributed by atoms with Gasteiger partial charge in [0.1, 0.15) is 12.4 Å². The summed E-state index contributed by atoms with van der Waals surface area (Å²) in [6.45, 7) is 4.67. The van der Waals surface area contributed by atoms with Gasteiger partial charge in [0.15, 0.2) is 0 Å². The lowest BCUT2D eigenvalue weighted by molar-refractivity contribution is 0.206. The first kappa shape index (κ1) is 14.0. The van der Waals surface area contributed by atoms with E-state index in [1.165, 1.54) is 33.4 Å². The van der Waals surface area contributed by atoms with Crippen LogP contribution in [0.3, 0.4) is 0 Å². The van der Waals surface area contributed by atoms with Gasteiger partial charge < -0.3 is 10.1 Å². The molecule has 4 rings (SSSR count). The minimum absolute atomic E-state index is 0.612. The van der Waals surface area contributed by atoms with Crippen molar-refractivity contribution in [2.45, 2.75) is 20.0 Å². The van der Waals surface area contributed by atoms with Crippen LogP contribution in [0.5, 0.6) is 0 Å². The van der Waals surface area contributed by atoms with Crippen molar-refractivity contribution in [2.75, 3.05) is 13.1 Å². The fourth-order valence-electron chi connectivity index (χ4n) is 3.25. The van der Waals surface area contributed by atoms with E-state index in [0.717, 1.165) is 29.7 Å². The van der Waals surface area contributed by atoms with Crippen molar-refractivity contribution in [1.82, 2.24) is 5.32 Å². The average molecular weight is 356 g/mol. The Morgan fingerprint density at radius 3 is 2.95 bits per heavy atom. The second-order valence-electron chi connectivity index (χ2n) is 5.99. The van der Waals surface area contributed by atoms with Crippen LogP contribution in [-0.4, -0.2) is 13.1 Å². The first-order chi connectivity index (χ1) is 10.7. The minimum Gasteiger partial charge on any atom is -0.489 e. The maximum absolute atomic E-state index is 6.16.